The number of carbonyl (C=O) groups excluding carboxylic acids is 1. The molecular formula is C16H27NO3. The van der Waals surface area contributed by atoms with Crippen LogP contribution in [0.15, 0.2) is 0 Å². The van der Waals surface area contributed by atoms with E-state index in [-0.39, 0.29) is 12.3 Å². The van der Waals surface area contributed by atoms with Crippen molar-refractivity contribution in [1.29, 1.82) is 0 Å². The number of amides is 1. The first kappa shape index (κ1) is 15.3. The van der Waals surface area contributed by atoms with Crippen molar-refractivity contribution >= 4 is 11.9 Å². The minimum atomic E-state index is -0.814. The average molecular weight is 281 g/mol. The van der Waals surface area contributed by atoms with Gasteiger partial charge in [0.1, 0.15) is 0 Å². The van der Waals surface area contributed by atoms with E-state index in [0.717, 1.165) is 25.2 Å². The van der Waals surface area contributed by atoms with Crippen molar-refractivity contribution < 1.29 is 14.7 Å². The highest BCUT2D eigenvalue weighted by molar-refractivity contribution is 5.77. The highest BCUT2D eigenvalue weighted by Gasteiger charge is 2.32. The third-order valence-corrected chi connectivity index (χ3v) is 4.60. The summed E-state index contributed by atoms with van der Waals surface area (Å²) in [6.07, 6.45) is 11.7. The fourth-order valence-corrected chi connectivity index (χ4v) is 3.27. The van der Waals surface area contributed by atoms with E-state index in [1.807, 2.05) is 4.90 Å². The third-order valence-electron chi connectivity index (χ3n) is 4.60. The summed E-state index contributed by atoms with van der Waals surface area (Å²) in [6.45, 7) is 0.391. The first-order chi connectivity index (χ1) is 9.66. The average Bonchev–Trinajstić information content (AvgIpc) is 3.24. The SMILES string of the molecule is O=C(O)CCN(C(=O)CCCC1CCCCC1)C1CC1. The molecule has 0 bridgehead atoms. The quantitative estimate of drug-likeness (QED) is 0.743. The van der Waals surface area contributed by atoms with E-state index in [9.17, 15) is 9.59 Å². The zero-order chi connectivity index (χ0) is 14.4. The van der Waals surface area contributed by atoms with E-state index >= 15 is 0 Å². The molecule has 0 spiro atoms. The Labute approximate surface area is 121 Å². The molecule has 0 aliphatic heterocycles. The van der Waals surface area contributed by atoms with Crippen molar-refractivity contribution in [2.45, 2.75) is 76.7 Å². The Hall–Kier alpha value is -1.06. The summed E-state index contributed by atoms with van der Waals surface area (Å²) >= 11 is 0. The first-order valence-corrected chi connectivity index (χ1v) is 8.18. The van der Waals surface area contributed by atoms with Gasteiger partial charge in [-0.05, 0) is 31.6 Å². The van der Waals surface area contributed by atoms with E-state index in [0.29, 0.717) is 19.0 Å². The normalized spacial score (nSPS) is 19.8. The van der Waals surface area contributed by atoms with Crippen molar-refractivity contribution in [2.75, 3.05) is 6.54 Å². The summed E-state index contributed by atoms with van der Waals surface area (Å²) in [7, 11) is 0. The lowest BCUT2D eigenvalue weighted by Gasteiger charge is -2.23. The molecule has 4 heteroatoms. The van der Waals surface area contributed by atoms with Crippen LogP contribution >= 0.6 is 0 Å². The van der Waals surface area contributed by atoms with Gasteiger partial charge in [0.2, 0.25) is 5.91 Å². The number of carbonyl (C=O) groups is 2. The van der Waals surface area contributed by atoms with Gasteiger partial charge in [0.15, 0.2) is 0 Å². The van der Waals surface area contributed by atoms with Crippen LogP contribution in [0.3, 0.4) is 0 Å². The van der Waals surface area contributed by atoms with Crippen LogP contribution in [-0.2, 0) is 9.59 Å². The minimum absolute atomic E-state index is 0.0743. The number of carboxylic acids is 1. The molecule has 2 aliphatic rings. The van der Waals surface area contributed by atoms with Crippen LogP contribution in [0.2, 0.25) is 0 Å². The molecule has 0 atom stereocenters. The standard InChI is InChI=1S/C16H27NO3/c18-15(8-4-7-13-5-2-1-3-6-13)17(14-9-10-14)12-11-16(19)20/h13-14H,1-12H2,(H,19,20). The molecule has 2 rings (SSSR count). The van der Waals surface area contributed by atoms with Gasteiger partial charge in [-0.15, -0.1) is 0 Å². The molecule has 114 valence electrons. The summed E-state index contributed by atoms with van der Waals surface area (Å²) in [6, 6.07) is 0.330. The molecular weight excluding hydrogens is 254 g/mol. The number of hydrogen-bond acceptors (Lipinski definition) is 2. The minimum Gasteiger partial charge on any atom is -0.481 e. The van der Waals surface area contributed by atoms with E-state index in [2.05, 4.69) is 0 Å². The second-order valence-corrected chi connectivity index (χ2v) is 6.36. The van der Waals surface area contributed by atoms with Gasteiger partial charge in [-0.25, -0.2) is 0 Å². The molecule has 0 heterocycles. The topological polar surface area (TPSA) is 57.6 Å². The molecule has 1 amide bonds. The summed E-state index contributed by atoms with van der Waals surface area (Å²) in [5.41, 5.74) is 0. The molecule has 0 radical (unpaired) electrons. The number of rotatable bonds is 8. The number of carboxylic acid groups (broad SMARTS) is 1. The lowest BCUT2D eigenvalue weighted by molar-refractivity contribution is -0.138. The molecule has 0 aromatic rings. The number of nitrogens with zero attached hydrogens (tertiary/aromatic N) is 1. The van der Waals surface area contributed by atoms with Gasteiger partial charge in [-0.2, -0.15) is 0 Å². The van der Waals surface area contributed by atoms with Gasteiger partial charge in [0.25, 0.3) is 0 Å². The van der Waals surface area contributed by atoms with Crippen LogP contribution in [-0.4, -0.2) is 34.5 Å². The Kier molecular flexibility index (Phi) is 5.86. The molecule has 4 nitrogen and oxygen atoms in total. The second kappa shape index (κ2) is 7.65. The van der Waals surface area contributed by atoms with E-state index in [4.69, 9.17) is 5.11 Å². The zero-order valence-corrected chi connectivity index (χ0v) is 12.4. The molecule has 20 heavy (non-hydrogen) atoms. The maximum Gasteiger partial charge on any atom is 0.305 e. The molecule has 2 fully saturated rings. The molecule has 2 aliphatic carbocycles. The summed E-state index contributed by atoms with van der Waals surface area (Å²) in [5.74, 6) is 0.181. The third kappa shape index (κ3) is 5.14. The molecule has 0 saturated heterocycles. The Morgan fingerprint density at radius 1 is 1.00 bits per heavy atom. The molecule has 0 aromatic carbocycles. The van der Waals surface area contributed by atoms with E-state index < -0.39 is 5.97 Å². The van der Waals surface area contributed by atoms with Crippen LogP contribution in [0.25, 0.3) is 0 Å². The predicted octanol–water partition coefficient (Wildman–Crippen LogP) is 3.20. The van der Waals surface area contributed by atoms with Crippen LogP contribution in [0.1, 0.15) is 70.6 Å². The number of aliphatic carboxylic acids is 1. The van der Waals surface area contributed by atoms with Crippen molar-refractivity contribution in [1.82, 2.24) is 4.90 Å². The zero-order valence-electron chi connectivity index (χ0n) is 12.4. The Balaban J connectivity index is 1.66. The molecule has 2 saturated carbocycles. The monoisotopic (exact) mass is 281 g/mol. The van der Waals surface area contributed by atoms with Gasteiger partial charge in [-0.3, -0.25) is 9.59 Å². The first-order valence-electron chi connectivity index (χ1n) is 8.18. The summed E-state index contributed by atoms with van der Waals surface area (Å²) in [5, 5.41) is 8.75. The van der Waals surface area contributed by atoms with Gasteiger partial charge in [-0.1, -0.05) is 32.1 Å². The smallest absolute Gasteiger partial charge is 0.305 e. The fourth-order valence-electron chi connectivity index (χ4n) is 3.27. The van der Waals surface area contributed by atoms with E-state index in [1.54, 1.807) is 0 Å². The maximum atomic E-state index is 12.2. The highest BCUT2D eigenvalue weighted by Crippen LogP contribution is 2.30. The molecule has 0 unspecified atom stereocenters. The fraction of sp³-hybridized carbons (Fsp3) is 0.875. The van der Waals surface area contributed by atoms with Crippen LogP contribution in [0.5, 0.6) is 0 Å². The van der Waals surface area contributed by atoms with E-state index in [1.165, 1.54) is 38.5 Å². The van der Waals surface area contributed by atoms with Crippen molar-refractivity contribution in [3.63, 3.8) is 0 Å². The number of hydrogen-bond donors (Lipinski definition) is 1. The van der Waals surface area contributed by atoms with Crippen molar-refractivity contribution in [3.05, 3.63) is 0 Å². The van der Waals surface area contributed by atoms with Gasteiger partial charge in [0, 0.05) is 19.0 Å². The van der Waals surface area contributed by atoms with Gasteiger partial charge in [0.05, 0.1) is 6.42 Å². The van der Waals surface area contributed by atoms with Crippen molar-refractivity contribution in [2.24, 2.45) is 5.92 Å². The lowest BCUT2D eigenvalue weighted by atomic mass is 9.86. The summed E-state index contributed by atoms with van der Waals surface area (Å²) in [4.78, 5) is 24.7. The van der Waals surface area contributed by atoms with Crippen LogP contribution < -0.4 is 0 Å². The van der Waals surface area contributed by atoms with Crippen LogP contribution in [0, 0.1) is 5.92 Å². The van der Waals surface area contributed by atoms with Gasteiger partial charge < -0.3 is 10.0 Å². The predicted molar refractivity (Wildman–Crippen MR) is 77.4 cm³/mol. The maximum absolute atomic E-state index is 12.2. The lowest BCUT2D eigenvalue weighted by Crippen LogP contribution is -2.34. The Morgan fingerprint density at radius 2 is 1.70 bits per heavy atom. The van der Waals surface area contributed by atoms with Crippen molar-refractivity contribution in [3.8, 4) is 0 Å². The Bertz CT molecular complexity index is 333. The highest BCUT2D eigenvalue weighted by atomic mass is 16.4. The largest absolute Gasteiger partial charge is 0.481 e. The molecule has 1 N–H and O–H groups in total. The molecule has 0 aromatic heterocycles. The van der Waals surface area contributed by atoms with Gasteiger partial charge >= 0.3 is 5.97 Å². The second-order valence-electron chi connectivity index (χ2n) is 6.36. The Morgan fingerprint density at radius 3 is 2.30 bits per heavy atom. The van der Waals surface area contributed by atoms with Crippen LogP contribution in [0.4, 0.5) is 0 Å². The summed E-state index contributed by atoms with van der Waals surface area (Å²) < 4.78 is 0.